The number of nitrogens with one attached hydrogen (secondary N) is 2. The number of hydrogen-bond donors (Lipinski definition) is 2. The summed E-state index contributed by atoms with van der Waals surface area (Å²) in [5, 5.41) is 6.84. The van der Waals surface area contributed by atoms with Gasteiger partial charge in [0.25, 0.3) is 0 Å². The Morgan fingerprint density at radius 1 is 1.24 bits per heavy atom. The average molecular weight is 464 g/mol. The Balaban J connectivity index is 0.00000576. The number of carbonyl (C=O) groups excluding carboxylic acids is 1. The number of hydrogen-bond acceptors (Lipinski definition) is 2. The molecular weight excluding hydrogens is 427 g/mol. The summed E-state index contributed by atoms with van der Waals surface area (Å²) in [4.78, 5) is 19.1. The molecule has 0 spiro atoms. The molecule has 0 unspecified atom stereocenters. The Bertz CT molecular complexity index is 414. The Hall–Kier alpha value is -0.790. The van der Waals surface area contributed by atoms with Crippen molar-refractivity contribution in [3.63, 3.8) is 0 Å². The summed E-state index contributed by atoms with van der Waals surface area (Å²) in [6.45, 7) is 11.7. The second-order valence-electron chi connectivity index (χ2n) is 6.38. The van der Waals surface area contributed by atoms with Gasteiger partial charge in [0, 0.05) is 38.1 Å². The van der Waals surface area contributed by atoms with Gasteiger partial charge in [-0.1, -0.05) is 26.0 Å². The second kappa shape index (κ2) is 14.4. The molecule has 2 N–H and O–H groups in total. The number of halogens is 1. The molecule has 1 saturated heterocycles. The number of carbonyl (C=O) groups is 1. The lowest BCUT2D eigenvalue weighted by Gasteiger charge is -2.34. The van der Waals surface area contributed by atoms with Gasteiger partial charge >= 0.3 is 0 Å². The van der Waals surface area contributed by atoms with Crippen LogP contribution >= 0.6 is 24.0 Å². The molecule has 6 heteroatoms. The molecule has 0 bridgehead atoms. The number of amides is 1. The van der Waals surface area contributed by atoms with E-state index in [2.05, 4.69) is 48.5 Å². The maximum absolute atomic E-state index is 12.5. The molecule has 1 aliphatic rings. The van der Waals surface area contributed by atoms with Crippen LogP contribution in [-0.2, 0) is 4.79 Å². The van der Waals surface area contributed by atoms with Gasteiger partial charge in [-0.2, -0.15) is 0 Å². The van der Waals surface area contributed by atoms with E-state index < -0.39 is 0 Å². The van der Waals surface area contributed by atoms with Crippen molar-refractivity contribution < 1.29 is 4.79 Å². The minimum Gasteiger partial charge on any atom is -0.357 e. The molecule has 0 aliphatic carbocycles. The lowest BCUT2D eigenvalue weighted by Crippen LogP contribution is -2.50. The minimum atomic E-state index is 0. The molecule has 0 atom stereocenters. The highest BCUT2D eigenvalue weighted by molar-refractivity contribution is 14.0. The zero-order chi connectivity index (χ0) is 17.8. The number of aliphatic imine (C=N–C) groups is 1. The topological polar surface area (TPSA) is 56.7 Å². The summed E-state index contributed by atoms with van der Waals surface area (Å²) >= 11 is 0. The predicted octanol–water partition coefficient (Wildman–Crippen LogP) is 3.55. The Labute approximate surface area is 171 Å². The number of piperidine rings is 1. The second-order valence-corrected chi connectivity index (χ2v) is 6.38. The van der Waals surface area contributed by atoms with Crippen LogP contribution in [-0.4, -0.2) is 49.0 Å². The Morgan fingerprint density at radius 2 is 1.88 bits per heavy atom. The van der Waals surface area contributed by atoms with Gasteiger partial charge in [0.15, 0.2) is 5.96 Å². The van der Waals surface area contributed by atoms with Crippen LogP contribution < -0.4 is 10.6 Å². The normalized spacial score (nSPS) is 16.2. The number of nitrogens with zero attached hydrogens (tertiary/aromatic N) is 2. The summed E-state index contributed by atoms with van der Waals surface area (Å²) in [6, 6.07) is 0.398. The van der Waals surface area contributed by atoms with Crippen LogP contribution in [0.3, 0.4) is 0 Å². The highest BCUT2D eigenvalue weighted by atomic mass is 127. The zero-order valence-corrected chi connectivity index (χ0v) is 18.7. The quantitative estimate of drug-likeness (QED) is 0.190. The molecule has 25 heavy (non-hydrogen) atoms. The van der Waals surface area contributed by atoms with Crippen LogP contribution in [0.4, 0.5) is 0 Å². The first kappa shape index (κ1) is 24.2. The Kier molecular flexibility index (Phi) is 13.9. The van der Waals surface area contributed by atoms with E-state index in [1.54, 1.807) is 0 Å². The van der Waals surface area contributed by atoms with Gasteiger partial charge in [-0.3, -0.25) is 9.79 Å². The van der Waals surface area contributed by atoms with Crippen molar-refractivity contribution in [2.75, 3.05) is 26.2 Å². The van der Waals surface area contributed by atoms with Crippen LogP contribution in [0.1, 0.15) is 59.8 Å². The fraction of sp³-hybridized carbons (Fsp3) is 0.789. The summed E-state index contributed by atoms with van der Waals surface area (Å²) in [7, 11) is 0. The van der Waals surface area contributed by atoms with E-state index in [4.69, 9.17) is 0 Å². The maximum atomic E-state index is 12.5. The van der Waals surface area contributed by atoms with Crippen LogP contribution in [0, 0.1) is 5.92 Å². The summed E-state index contributed by atoms with van der Waals surface area (Å²) in [6.07, 6.45) is 9.02. The molecule has 0 radical (unpaired) electrons. The zero-order valence-electron chi connectivity index (χ0n) is 16.4. The molecule has 1 aliphatic heterocycles. The molecule has 146 valence electrons. The van der Waals surface area contributed by atoms with Crippen LogP contribution in [0.2, 0.25) is 0 Å². The number of allylic oxidation sites excluding steroid dienone is 1. The van der Waals surface area contributed by atoms with E-state index >= 15 is 0 Å². The lowest BCUT2D eigenvalue weighted by atomic mass is 9.98. The van der Waals surface area contributed by atoms with Gasteiger partial charge in [0.05, 0.1) is 0 Å². The van der Waals surface area contributed by atoms with E-state index in [1.165, 1.54) is 0 Å². The lowest BCUT2D eigenvalue weighted by molar-refractivity contribution is -0.136. The third kappa shape index (κ3) is 8.92. The maximum Gasteiger partial charge on any atom is 0.225 e. The van der Waals surface area contributed by atoms with Gasteiger partial charge in [-0.05, 0) is 46.0 Å². The van der Waals surface area contributed by atoms with Gasteiger partial charge in [0.2, 0.25) is 5.91 Å². The van der Waals surface area contributed by atoms with E-state index in [0.29, 0.717) is 11.9 Å². The molecule has 0 aromatic heterocycles. The van der Waals surface area contributed by atoms with E-state index in [-0.39, 0.29) is 29.9 Å². The first-order valence-electron chi connectivity index (χ1n) is 9.60. The fourth-order valence-electron chi connectivity index (χ4n) is 3.07. The highest BCUT2D eigenvalue weighted by Gasteiger charge is 2.26. The van der Waals surface area contributed by atoms with Crippen molar-refractivity contribution in [2.24, 2.45) is 10.9 Å². The molecule has 1 amide bonds. The van der Waals surface area contributed by atoms with Crippen molar-refractivity contribution in [1.82, 2.24) is 15.5 Å². The number of rotatable bonds is 8. The molecule has 1 heterocycles. The summed E-state index contributed by atoms with van der Waals surface area (Å²) in [5.41, 5.74) is 0. The third-order valence-electron chi connectivity index (χ3n) is 4.63. The molecule has 1 fully saturated rings. The van der Waals surface area contributed by atoms with Crippen molar-refractivity contribution in [3.05, 3.63) is 12.2 Å². The van der Waals surface area contributed by atoms with E-state index in [9.17, 15) is 4.79 Å². The minimum absolute atomic E-state index is 0. The van der Waals surface area contributed by atoms with E-state index in [1.807, 2.05) is 11.8 Å². The van der Waals surface area contributed by atoms with Crippen molar-refractivity contribution in [1.29, 1.82) is 0 Å². The summed E-state index contributed by atoms with van der Waals surface area (Å²) < 4.78 is 0. The van der Waals surface area contributed by atoms with Gasteiger partial charge in [0.1, 0.15) is 0 Å². The largest absolute Gasteiger partial charge is 0.357 e. The predicted molar refractivity (Wildman–Crippen MR) is 118 cm³/mol. The van der Waals surface area contributed by atoms with Gasteiger partial charge < -0.3 is 15.5 Å². The standard InChI is InChI=1S/C19H36N4O.HI/c1-5-9-10-13-21-19(20-8-4)22-17-11-14-23(15-12-17)18(24)16(6-2)7-3;/h5,9,16-17H,6-8,10-15H2,1-4H3,(H2,20,21,22);1H/b9-5+;. The van der Waals surface area contributed by atoms with Crippen LogP contribution in [0.25, 0.3) is 0 Å². The van der Waals surface area contributed by atoms with Gasteiger partial charge in [-0.15, -0.1) is 24.0 Å². The van der Waals surface area contributed by atoms with Crippen LogP contribution in [0.15, 0.2) is 17.1 Å². The van der Waals surface area contributed by atoms with E-state index in [0.717, 1.165) is 64.2 Å². The van der Waals surface area contributed by atoms with Crippen molar-refractivity contribution >= 4 is 35.8 Å². The SMILES string of the molecule is C/C=C/CCN=C(NCC)NC1CCN(C(=O)C(CC)CC)CC1.I. The Morgan fingerprint density at radius 3 is 2.40 bits per heavy atom. The molecule has 0 aromatic carbocycles. The highest BCUT2D eigenvalue weighted by Crippen LogP contribution is 2.17. The molecule has 5 nitrogen and oxygen atoms in total. The number of likely N-dealkylation sites (tertiary alicyclic amines) is 1. The van der Waals surface area contributed by atoms with Crippen molar-refractivity contribution in [2.45, 2.75) is 65.8 Å². The smallest absolute Gasteiger partial charge is 0.225 e. The van der Waals surface area contributed by atoms with Crippen LogP contribution in [0.5, 0.6) is 0 Å². The molecule has 0 aromatic rings. The monoisotopic (exact) mass is 464 g/mol. The fourth-order valence-corrected chi connectivity index (χ4v) is 3.07. The molecular formula is C19H37IN4O. The first-order chi connectivity index (χ1) is 11.7. The third-order valence-corrected chi connectivity index (χ3v) is 4.63. The number of guanidine groups is 1. The average Bonchev–Trinajstić information content (AvgIpc) is 2.60. The first-order valence-corrected chi connectivity index (χ1v) is 9.60. The molecule has 1 rings (SSSR count). The molecule has 0 saturated carbocycles. The van der Waals surface area contributed by atoms with Crippen molar-refractivity contribution in [3.8, 4) is 0 Å². The summed E-state index contributed by atoms with van der Waals surface area (Å²) in [5.74, 6) is 1.43. The van der Waals surface area contributed by atoms with Gasteiger partial charge in [-0.25, -0.2) is 0 Å².